The third-order valence-corrected chi connectivity index (χ3v) is 4.29. The molecule has 0 amide bonds. The highest BCUT2D eigenvalue weighted by atomic mass is 19.1. The summed E-state index contributed by atoms with van der Waals surface area (Å²) in [5.41, 5.74) is 1.56. The van der Waals surface area contributed by atoms with Crippen molar-refractivity contribution in [3.8, 4) is 22.8 Å². The summed E-state index contributed by atoms with van der Waals surface area (Å²) in [6.45, 7) is 1.48. The van der Waals surface area contributed by atoms with Gasteiger partial charge in [0.1, 0.15) is 11.5 Å². The van der Waals surface area contributed by atoms with Crippen molar-refractivity contribution < 1.29 is 9.18 Å². The highest BCUT2D eigenvalue weighted by molar-refractivity contribution is 5.94. The Balaban J connectivity index is 1.86. The zero-order chi connectivity index (χ0) is 19.7. The van der Waals surface area contributed by atoms with Crippen LogP contribution in [-0.2, 0) is 0 Å². The third-order valence-electron chi connectivity index (χ3n) is 4.29. The van der Waals surface area contributed by atoms with Crippen LogP contribution in [0.3, 0.4) is 0 Å². The smallest absolute Gasteiger partial charge is 0.209 e. The molecule has 7 heteroatoms. The Morgan fingerprint density at radius 3 is 2.64 bits per heavy atom. The van der Waals surface area contributed by atoms with Crippen LogP contribution in [0, 0.1) is 5.82 Å². The number of aromatic nitrogens is 4. The van der Waals surface area contributed by atoms with Gasteiger partial charge in [0.25, 0.3) is 0 Å². The van der Waals surface area contributed by atoms with Crippen LogP contribution in [0.25, 0.3) is 22.8 Å². The first-order valence-corrected chi connectivity index (χ1v) is 8.55. The molecule has 0 spiro atoms. The van der Waals surface area contributed by atoms with E-state index in [0.29, 0.717) is 16.9 Å². The Kier molecular flexibility index (Phi) is 4.41. The normalized spacial score (nSPS) is 10.8. The van der Waals surface area contributed by atoms with Crippen LogP contribution in [0.5, 0.6) is 0 Å². The van der Waals surface area contributed by atoms with Crippen LogP contribution in [0.1, 0.15) is 17.3 Å². The number of rotatable bonds is 4. The Morgan fingerprint density at radius 2 is 1.86 bits per heavy atom. The maximum Gasteiger partial charge on any atom is 0.209 e. The molecule has 2 aromatic carbocycles. The first kappa shape index (κ1) is 17.5. The number of benzene rings is 2. The number of ketones is 1. The summed E-state index contributed by atoms with van der Waals surface area (Å²) < 4.78 is 17.1. The first-order valence-electron chi connectivity index (χ1n) is 8.55. The fourth-order valence-corrected chi connectivity index (χ4v) is 2.89. The maximum atomic E-state index is 14.2. The van der Waals surface area contributed by atoms with Crippen LogP contribution in [-0.4, -0.2) is 25.3 Å². The molecule has 0 saturated carbocycles. The lowest BCUT2D eigenvalue weighted by atomic mass is 10.1. The van der Waals surface area contributed by atoms with Gasteiger partial charge in [0, 0.05) is 17.8 Å². The lowest BCUT2D eigenvalue weighted by Crippen LogP contribution is -2.15. The Bertz CT molecular complexity index is 1240. The van der Waals surface area contributed by atoms with Crippen LogP contribution < -0.4 is 5.43 Å². The number of carbonyl (C=O) groups is 1. The van der Waals surface area contributed by atoms with Gasteiger partial charge in [-0.05, 0) is 37.3 Å². The van der Waals surface area contributed by atoms with Crippen molar-refractivity contribution in [2.45, 2.75) is 6.92 Å². The molecular weight excluding hydrogens is 359 g/mol. The van der Waals surface area contributed by atoms with Gasteiger partial charge in [-0.1, -0.05) is 24.3 Å². The highest BCUT2D eigenvalue weighted by Gasteiger charge is 2.15. The number of halogens is 1. The van der Waals surface area contributed by atoms with Crippen LogP contribution in [0.15, 0.2) is 77.9 Å². The second-order valence-electron chi connectivity index (χ2n) is 6.16. The minimum absolute atomic E-state index is 0.0688. The molecule has 0 saturated heterocycles. The summed E-state index contributed by atoms with van der Waals surface area (Å²) in [7, 11) is 0. The lowest BCUT2D eigenvalue weighted by molar-refractivity contribution is 0.101. The summed E-state index contributed by atoms with van der Waals surface area (Å²) in [5, 5.41) is 8.56. The predicted octanol–water partition coefficient (Wildman–Crippen LogP) is 3.43. The van der Waals surface area contributed by atoms with Gasteiger partial charge >= 0.3 is 0 Å². The van der Waals surface area contributed by atoms with E-state index in [1.807, 2.05) is 0 Å². The average Bonchev–Trinajstić information content (AvgIpc) is 3.18. The molecule has 0 N–H and O–H groups in total. The minimum Gasteiger partial charge on any atom is -0.295 e. The molecule has 28 heavy (non-hydrogen) atoms. The molecule has 2 heterocycles. The van der Waals surface area contributed by atoms with Gasteiger partial charge in [0.05, 0.1) is 17.6 Å². The van der Waals surface area contributed by atoms with Gasteiger partial charge in [-0.3, -0.25) is 9.59 Å². The molecule has 0 aliphatic heterocycles. The predicted molar refractivity (Wildman–Crippen MR) is 102 cm³/mol. The minimum atomic E-state index is -0.460. The summed E-state index contributed by atoms with van der Waals surface area (Å²) in [4.78, 5) is 24.1. The first-order chi connectivity index (χ1) is 13.5. The zero-order valence-corrected chi connectivity index (χ0v) is 14.9. The van der Waals surface area contributed by atoms with Crippen LogP contribution in [0.4, 0.5) is 4.39 Å². The van der Waals surface area contributed by atoms with Gasteiger partial charge in [-0.2, -0.15) is 10.2 Å². The number of carbonyl (C=O) groups excluding carboxylic acids is 1. The molecule has 138 valence electrons. The molecule has 0 aliphatic carbocycles. The van der Waals surface area contributed by atoms with E-state index < -0.39 is 5.82 Å². The average molecular weight is 374 g/mol. The van der Waals surface area contributed by atoms with Crippen molar-refractivity contribution in [1.82, 2.24) is 19.6 Å². The number of para-hydroxylation sites is 1. The number of Topliss-reactive ketones (excluding diaryl/α,β-unsaturated/α-hetero) is 1. The topological polar surface area (TPSA) is 69.8 Å². The van der Waals surface area contributed by atoms with Crippen molar-refractivity contribution in [1.29, 1.82) is 0 Å². The molecule has 4 aromatic rings. The van der Waals surface area contributed by atoms with Crippen molar-refractivity contribution in [2.75, 3.05) is 0 Å². The van der Waals surface area contributed by atoms with Gasteiger partial charge < -0.3 is 0 Å². The standard InChI is InChI=1S/C21H15FN4O2/c1-14(27)15-5-4-6-16(13-15)25-12-10-20(28)21(24-25)19-9-11-23-26(19)18-8-3-2-7-17(18)22/h2-13H,1H3. The molecule has 4 rings (SSSR count). The summed E-state index contributed by atoms with van der Waals surface area (Å²) >= 11 is 0. The van der Waals surface area contributed by atoms with Crippen LogP contribution >= 0.6 is 0 Å². The van der Waals surface area contributed by atoms with Gasteiger partial charge in [0.15, 0.2) is 11.5 Å². The number of hydrogen-bond acceptors (Lipinski definition) is 4. The summed E-state index contributed by atoms with van der Waals surface area (Å²) in [6, 6.07) is 16.1. The van der Waals surface area contributed by atoms with Crippen LogP contribution in [0.2, 0.25) is 0 Å². The third kappa shape index (κ3) is 3.14. The van der Waals surface area contributed by atoms with E-state index in [1.54, 1.807) is 48.5 Å². The number of nitrogens with zero attached hydrogens (tertiary/aromatic N) is 4. The van der Waals surface area contributed by atoms with Gasteiger partial charge in [0.2, 0.25) is 5.43 Å². The van der Waals surface area contributed by atoms with E-state index >= 15 is 0 Å². The molecule has 0 aliphatic rings. The lowest BCUT2D eigenvalue weighted by Gasteiger charge is -2.10. The Labute approximate surface area is 159 Å². The quantitative estimate of drug-likeness (QED) is 0.513. The Morgan fingerprint density at radius 1 is 1.04 bits per heavy atom. The monoisotopic (exact) mass is 374 g/mol. The van der Waals surface area contributed by atoms with Crippen molar-refractivity contribution >= 4 is 5.78 Å². The molecule has 2 aromatic heterocycles. The van der Waals surface area contributed by atoms with E-state index in [0.717, 1.165) is 0 Å². The van der Waals surface area contributed by atoms with Gasteiger partial charge in [-0.15, -0.1) is 0 Å². The molecule has 6 nitrogen and oxygen atoms in total. The van der Waals surface area contributed by atoms with E-state index in [-0.39, 0.29) is 22.6 Å². The SMILES string of the molecule is CC(=O)c1cccc(-n2ccc(=O)c(-c3ccnn3-c3ccccc3F)n2)c1. The van der Waals surface area contributed by atoms with Gasteiger partial charge in [-0.25, -0.2) is 13.8 Å². The fraction of sp³-hybridized carbons (Fsp3) is 0.0476. The summed E-state index contributed by atoms with van der Waals surface area (Å²) in [5.74, 6) is -0.529. The van der Waals surface area contributed by atoms with Crippen molar-refractivity contribution in [3.63, 3.8) is 0 Å². The largest absolute Gasteiger partial charge is 0.295 e. The van der Waals surface area contributed by atoms with Crippen molar-refractivity contribution in [3.05, 3.63) is 94.7 Å². The molecule has 0 atom stereocenters. The summed E-state index contributed by atoms with van der Waals surface area (Å²) in [6.07, 6.45) is 3.01. The molecule has 0 unspecified atom stereocenters. The van der Waals surface area contributed by atoms with E-state index in [1.165, 1.54) is 40.8 Å². The zero-order valence-electron chi connectivity index (χ0n) is 14.9. The number of hydrogen-bond donors (Lipinski definition) is 0. The molecular formula is C21H15FN4O2. The molecule has 0 fully saturated rings. The second-order valence-corrected chi connectivity index (χ2v) is 6.16. The molecule has 0 bridgehead atoms. The maximum absolute atomic E-state index is 14.2. The van der Waals surface area contributed by atoms with Crippen molar-refractivity contribution in [2.24, 2.45) is 0 Å². The van der Waals surface area contributed by atoms with E-state index in [2.05, 4.69) is 10.2 Å². The second kappa shape index (κ2) is 7.03. The Hall–Kier alpha value is -3.87. The molecule has 0 radical (unpaired) electrons. The van der Waals surface area contributed by atoms with E-state index in [9.17, 15) is 14.0 Å². The van der Waals surface area contributed by atoms with E-state index in [4.69, 9.17) is 0 Å². The highest BCUT2D eigenvalue weighted by Crippen LogP contribution is 2.20. The fourth-order valence-electron chi connectivity index (χ4n) is 2.89.